The summed E-state index contributed by atoms with van der Waals surface area (Å²) in [7, 11) is 2.03. The average Bonchev–Trinajstić information content (AvgIpc) is 2.43. The average molecular weight is 281 g/mol. The number of anilines is 1. The number of aryl methyl sites for hydroxylation is 3. The number of carbonyl (C=O) groups excluding carboxylic acids is 1. The molecule has 2 aromatic carbocycles. The van der Waals surface area contributed by atoms with Gasteiger partial charge >= 0.3 is 0 Å². The van der Waals surface area contributed by atoms with Gasteiger partial charge < -0.3 is 4.90 Å². The maximum absolute atomic E-state index is 12.3. The van der Waals surface area contributed by atoms with Crippen molar-refractivity contribution in [2.24, 2.45) is 0 Å². The molecule has 0 amide bonds. The molecule has 0 aromatic heterocycles. The van der Waals surface area contributed by atoms with Crippen molar-refractivity contribution < 1.29 is 4.79 Å². The number of rotatable bonds is 5. The van der Waals surface area contributed by atoms with Crippen molar-refractivity contribution in [2.75, 3.05) is 18.5 Å². The first-order valence-corrected chi connectivity index (χ1v) is 7.35. The van der Waals surface area contributed by atoms with E-state index in [1.54, 1.807) is 0 Å². The van der Waals surface area contributed by atoms with E-state index in [-0.39, 0.29) is 5.78 Å². The topological polar surface area (TPSA) is 20.3 Å². The van der Waals surface area contributed by atoms with E-state index >= 15 is 0 Å². The molecule has 0 bridgehead atoms. The second-order valence-electron chi connectivity index (χ2n) is 5.81. The number of carbonyl (C=O) groups is 1. The molecule has 110 valence electrons. The molecule has 0 spiro atoms. The van der Waals surface area contributed by atoms with Gasteiger partial charge in [0.25, 0.3) is 0 Å². The van der Waals surface area contributed by atoms with Crippen LogP contribution in [0.4, 0.5) is 5.69 Å². The van der Waals surface area contributed by atoms with Gasteiger partial charge in [-0.25, -0.2) is 0 Å². The van der Waals surface area contributed by atoms with Gasteiger partial charge in [0.05, 0.1) is 0 Å². The van der Waals surface area contributed by atoms with Crippen LogP contribution >= 0.6 is 0 Å². The SMILES string of the molecule is Cc1cc(C)cc(C(=O)CCN(C)c2cccc(C)c2)c1. The maximum atomic E-state index is 12.3. The van der Waals surface area contributed by atoms with Gasteiger partial charge in [-0.05, 0) is 50.6 Å². The number of ketones is 1. The Kier molecular flexibility index (Phi) is 4.79. The van der Waals surface area contributed by atoms with Gasteiger partial charge in [-0.3, -0.25) is 4.79 Å². The minimum atomic E-state index is 0.210. The smallest absolute Gasteiger partial charge is 0.164 e. The molecule has 21 heavy (non-hydrogen) atoms. The van der Waals surface area contributed by atoms with Crippen LogP contribution in [0.1, 0.15) is 33.5 Å². The van der Waals surface area contributed by atoms with Crippen molar-refractivity contribution >= 4 is 11.5 Å². The van der Waals surface area contributed by atoms with Gasteiger partial charge in [0, 0.05) is 31.3 Å². The minimum Gasteiger partial charge on any atom is -0.374 e. The Labute approximate surface area is 127 Å². The van der Waals surface area contributed by atoms with Gasteiger partial charge in [-0.2, -0.15) is 0 Å². The Morgan fingerprint density at radius 1 is 0.952 bits per heavy atom. The fraction of sp³-hybridized carbons (Fsp3) is 0.316. The van der Waals surface area contributed by atoms with E-state index in [1.807, 2.05) is 39.1 Å². The van der Waals surface area contributed by atoms with E-state index in [9.17, 15) is 4.79 Å². The van der Waals surface area contributed by atoms with Crippen LogP contribution in [0.5, 0.6) is 0 Å². The monoisotopic (exact) mass is 281 g/mol. The van der Waals surface area contributed by atoms with E-state index < -0.39 is 0 Å². The van der Waals surface area contributed by atoms with Crippen molar-refractivity contribution in [1.29, 1.82) is 0 Å². The van der Waals surface area contributed by atoms with E-state index in [1.165, 1.54) is 5.56 Å². The highest BCUT2D eigenvalue weighted by atomic mass is 16.1. The van der Waals surface area contributed by atoms with E-state index in [2.05, 4.69) is 36.1 Å². The molecule has 0 unspecified atom stereocenters. The van der Waals surface area contributed by atoms with E-state index in [0.717, 1.165) is 28.9 Å². The van der Waals surface area contributed by atoms with Crippen LogP contribution in [0, 0.1) is 20.8 Å². The number of hydrogen-bond acceptors (Lipinski definition) is 2. The van der Waals surface area contributed by atoms with Crippen molar-refractivity contribution in [1.82, 2.24) is 0 Å². The number of nitrogens with zero attached hydrogens (tertiary/aromatic N) is 1. The quantitative estimate of drug-likeness (QED) is 0.761. The molecule has 2 nitrogen and oxygen atoms in total. The summed E-state index contributed by atoms with van der Waals surface area (Å²) in [5, 5.41) is 0. The lowest BCUT2D eigenvalue weighted by atomic mass is 10.0. The molecule has 0 aliphatic heterocycles. The van der Waals surface area contributed by atoms with Crippen LogP contribution in [0.3, 0.4) is 0 Å². The highest BCUT2D eigenvalue weighted by Gasteiger charge is 2.09. The summed E-state index contributed by atoms with van der Waals surface area (Å²) < 4.78 is 0. The predicted molar refractivity (Wildman–Crippen MR) is 89.3 cm³/mol. The Morgan fingerprint density at radius 2 is 1.62 bits per heavy atom. The van der Waals surface area contributed by atoms with Crippen LogP contribution in [-0.4, -0.2) is 19.4 Å². The second kappa shape index (κ2) is 6.57. The molecule has 0 radical (unpaired) electrons. The molecule has 0 saturated carbocycles. The van der Waals surface area contributed by atoms with Crippen LogP contribution < -0.4 is 4.90 Å². The largest absolute Gasteiger partial charge is 0.374 e. The van der Waals surface area contributed by atoms with E-state index in [4.69, 9.17) is 0 Å². The predicted octanol–water partition coefficient (Wildman–Crippen LogP) is 4.32. The number of hydrogen-bond donors (Lipinski definition) is 0. The summed E-state index contributed by atoms with van der Waals surface area (Å²) in [6, 6.07) is 14.4. The van der Waals surface area contributed by atoms with Crippen LogP contribution in [-0.2, 0) is 0 Å². The highest BCUT2D eigenvalue weighted by Crippen LogP contribution is 2.16. The van der Waals surface area contributed by atoms with Gasteiger partial charge in [0.1, 0.15) is 0 Å². The summed E-state index contributed by atoms with van der Waals surface area (Å²) in [6.45, 7) is 6.87. The van der Waals surface area contributed by atoms with Gasteiger partial charge in [0.15, 0.2) is 5.78 Å². The first kappa shape index (κ1) is 15.3. The Balaban J connectivity index is 2.00. The summed E-state index contributed by atoms with van der Waals surface area (Å²) >= 11 is 0. The second-order valence-corrected chi connectivity index (χ2v) is 5.81. The molecule has 2 rings (SSSR count). The molecule has 0 aliphatic rings. The molecule has 2 aromatic rings. The third-order valence-electron chi connectivity index (χ3n) is 3.66. The lowest BCUT2D eigenvalue weighted by Gasteiger charge is -2.19. The Hall–Kier alpha value is -2.09. The number of benzene rings is 2. The highest BCUT2D eigenvalue weighted by molar-refractivity contribution is 5.96. The standard InChI is InChI=1S/C19H23NO/c1-14-6-5-7-18(13-14)20(4)9-8-19(21)17-11-15(2)10-16(3)12-17/h5-7,10-13H,8-9H2,1-4H3. The van der Waals surface area contributed by atoms with Gasteiger partial charge in [0.2, 0.25) is 0 Å². The van der Waals surface area contributed by atoms with Crippen molar-refractivity contribution in [3.8, 4) is 0 Å². The number of Topliss-reactive ketones (excluding diaryl/α,β-unsaturated/α-hetero) is 1. The Bertz CT molecular complexity index is 626. The van der Waals surface area contributed by atoms with Crippen LogP contribution in [0.2, 0.25) is 0 Å². The van der Waals surface area contributed by atoms with E-state index in [0.29, 0.717) is 6.42 Å². The first-order valence-electron chi connectivity index (χ1n) is 7.35. The summed E-state index contributed by atoms with van der Waals surface area (Å²) in [6.07, 6.45) is 0.535. The Morgan fingerprint density at radius 3 is 2.24 bits per heavy atom. The zero-order valence-corrected chi connectivity index (χ0v) is 13.3. The molecular formula is C19H23NO. The zero-order valence-electron chi connectivity index (χ0n) is 13.3. The molecule has 0 heterocycles. The summed E-state index contributed by atoms with van der Waals surface area (Å²) in [5.74, 6) is 0.210. The normalized spacial score (nSPS) is 10.5. The summed E-state index contributed by atoms with van der Waals surface area (Å²) in [5.41, 5.74) is 5.50. The third-order valence-corrected chi connectivity index (χ3v) is 3.66. The molecule has 0 aliphatic carbocycles. The van der Waals surface area contributed by atoms with Crippen molar-refractivity contribution in [3.63, 3.8) is 0 Å². The first-order chi connectivity index (χ1) is 9.95. The van der Waals surface area contributed by atoms with Crippen molar-refractivity contribution in [3.05, 3.63) is 64.7 Å². The zero-order chi connectivity index (χ0) is 15.4. The molecule has 0 atom stereocenters. The lowest BCUT2D eigenvalue weighted by molar-refractivity contribution is 0.0984. The molecule has 0 saturated heterocycles. The molecule has 0 N–H and O–H groups in total. The van der Waals surface area contributed by atoms with Crippen molar-refractivity contribution in [2.45, 2.75) is 27.2 Å². The van der Waals surface area contributed by atoms with Crippen LogP contribution in [0.15, 0.2) is 42.5 Å². The van der Waals surface area contributed by atoms with Gasteiger partial charge in [-0.15, -0.1) is 0 Å². The lowest BCUT2D eigenvalue weighted by Crippen LogP contribution is -2.21. The van der Waals surface area contributed by atoms with Crippen LogP contribution in [0.25, 0.3) is 0 Å². The fourth-order valence-electron chi connectivity index (χ4n) is 2.54. The summed E-state index contributed by atoms with van der Waals surface area (Å²) in [4.78, 5) is 14.5. The van der Waals surface area contributed by atoms with Gasteiger partial charge in [-0.1, -0.05) is 29.3 Å². The molecular weight excluding hydrogens is 258 g/mol. The fourth-order valence-corrected chi connectivity index (χ4v) is 2.54. The third kappa shape index (κ3) is 4.19. The minimum absolute atomic E-state index is 0.210. The maximum Gasteiger partial charge on any atom is 0.164 e. The molecule has 2 heteroatoms. The molecule has 0 fully saturated rings.